The molecule has 32 heavy (non-hydrogen) atoms. The number of fused-ring (bicyclic) bond motifs is 1. The van der Waals surface area contributed by atoms with Gasteiger partial charge in [-0.05, 0) is 72.6 Å². The Hall–Kier alpha value is -2.71. The molecule has 1 N–H and O–H groups in total. The number of benzene rings is 2. The highest BCUT2D eigenvalue weighted by molar-refractivity contribution is 9.10. The first kappa shape index (κ1) is 23.9. The van der Waals surface area contributed by atoms with Gasteiger partial charge in [0.15, 0.2) is 11.3 Å². The molecule has 1 heterocycles. The number of halogens is 2. The number of hydrogen-bond donors (Lipinski definition) is 1. The van der Waals surface area contributed by atoms with E-state index in [4.69, 9.17) is 30.2 Å². The Labute approximate surface area is 198 Å². The van der Waals surface area contributed by atoms with Crippen molar-refractivity contribution in [1.82, 2.24) is 5.32 Å². The van der Waals surface area contributed by atoms with Crippen molar-refractivity contribution in [3.8, 4) is 22.8 Å². The zero-order valence-corrected chi connectivity index (χ0v) is 20.6. The van der Waals surface area contributed by atoms with Gasteiger partial charge in [0.2, 0.25) is 11.2 Å². The predicted molar refractivity (Wildman–Crippen MR) is 127 cm³/mol. The molecule has 7 nitrogen and oxygen atoms in total. The standard InChI is InChI=1S/C23H23BrClNO6/c1-23(2,3)32-22(28)26-11-12-8-14-18(27)21(30-5)19(31-20(14)15(24)9-12)13-6-7-17(29-4)16(25)10-13/h6-10H,11H2,1-5H3,(H,26,28). The molecule has 0 fully saturated rings. The Morgan fingerprint density at radius 3 is 2.47 bits per heavy atom. The highest BCUT2D eigenvalue weighted by atomic mass is 79.9. The minimum Gasteiger partial charge on any atom is -0.495 e. The SMILES string of the molecule is COc1ccc(-c2oc3c(Br)cc(CNC(=O)OC(C)(C)C)cc3c(=O)c2OC)cc1Cl. The van der Waals surface area contributed by atoms with Crippen molar-refractivity contribution < 1.29 is 23.4 Å². The number of alkyl carbamates (subject to hydrolysis) is 1. The van der Waals surface area contributed by atoms with E-state index in [9.17, 15) is 9.59 Å². The van der Waals surface area contributed by atoms with E-state index >= 15 is 0 Å². The minimum atomic E-state index is -0.608. The van der Waals surface area contributed by atoms with Gasteiger partial charge < -0.3 is 23.9 Å². The molecule has 0 spiro atoms. The third-order valence-electron chi connectivity index (χ3n) is 4.42. The fourth-order valence-corrected chi connectivity index (χ4v) is 3.92. The molecule has 170 valence electrons. The van der Waals surface area contributed by atoms with Crippen LogP contribution in [-0.4, -0.2) is 25.9 Å². The molecule has 0 radical (unpaired) electrons. The van der Waals surface area contributed by atoms with Crippen LogP contribution < -0.4 is 20.2 Å². The summed E-state index contributed by atoms with van der Waals surface area (Å²) in [5.74, 6) is 0.790. The van der Waals surface area contributed by atoms with Gasteiger partial charge in [0.05, 0.1) is 29.1 Å². The first-order chi connectivity index (χ1) is 15.0. The first-order valence-corrected chi connectivity index (χ1v) is 10.8. The van der Waals surface area contributed by atoms with Gasteiger partial charge in [-0.15, -0.1) is 0 Å². The van der Waals surface area contributed by atoms with Crippen LogP contribution in [0.3, 0.4) is 0 Å². The fraction of sp³-hybridized carbons (Fsp3) is 0.304. The van der Waals surface area contributed by atoms with Gasteiger partial charge in [0.1, 0.15) is 11.4 Å². The number of rotatable bonds is 5. The van der Waals surface area contributed by atoms with E-state index in [-0.39, 0.29) is 23.5 Å². The van der Waals surface area contributed by atoms with Crippen LogP contribution in [0.25, 0.3) is 22.3 Å². The Balaban J connectivity index is 2.04. The molecule has 0 aliphatic rings. The number of ether oxygens (including phenoxy) is 3. The van der Waals surface area contributed by atoms with Crippen LogP contribution >= 0.6 is 27.5 Å². The molecule has 1 amide bonds. The van der Waals surface area contributed by atoms with E-state index in [1.165, 1.54) is 14.2 Å². The van der Waals surface area contributed by atoms with Crippen LogP contribution in [0.1, 0.15) is 26.3 Å². The number of carbonyl (C=O) groups excluding carboxylic acids is 1. The molecule has 0 bridgehead atoms. The lowest BCUT2D eigenvalue weighted by Crippen LogP contribution is -2.32. The topological polar surface area (TPSA) is 87.0 Å². The van der Waals surface area contributed by atoms with E-state index < -0.39 is 11.7 Å². The summed E-state index contributed by atoms with van der Waals surface area (Å²) in [7, 11) is 2.92. The molecule has 3 rings (SSSR count). The van der Waals surface area contributed by atoms with Crippen molar-refractivity contribution in [2.24, 2.45) is 0 Å². The summed E-state index contributed by atoms with van der Waals surface area (Å²) in [4.78, 5) is 25.2. The van der Waals surface area contributed by atoms with Gasteiger partial charge in [-0.25, -0.2) is 4.79 Å². The molecule has 0 aliphatic heterocycles. The fourth-order valence-electron chi connectivity index (χ4n) is 3.07. The van der Waals surface area contributed by atoms with Crippen LogP contribution in [0.5, 0.6) is 11.5 Å². The molecule has 0 saturated heterocycles. The second kappa shape index (κ2) is 9.42. The summed E-state index contributed by atoms with van der Waals surface area (Å²) in [6.07, 6.45) is -0.551. The molecule has 3 aromatic rings. The largest absolute Gasteiger partial charge is 0.495 e. The molecule has 0 unspecified atom stereocenters. The number of carbonyl (C=O) groups is 1. The van der Waals surface area contributed by atoms with Gasteiger partial charge in [-0.1, -0.05) is 11.6 Å². The molecule has 2 aromatic carbocycles. The second-order valence-electron chi connectivity index (χ2n) is 7.95. The van der Waals surface area contributed by atoms with Gasteiger partial charge in [0, 0.05) is 12.1 Å². The summed E-state index contributed by atoms with van der Waals surface area (Å²) < 4.78 is 22.4. The lowest BCUT2D eigenvalue weighted by molar-refractivity contribution is 0.0523. The third-order valence-corrected chi connectivity index (χ3v) is 5.30. The maximum Gasteiger partial charge on any atom is 0.407 e. The summed E-state index contributed by atoms with van der Waals surface area (Å²) in [5.41, 5.74) is 0.636. The second-order valence-corrected chi connectivity index (χ2v) is 9.21. The summed E-state index contributed by atoms with van der Waals surface area (Å²) in [6.45, 7) is 5.51. The van der Waals surface area contributed by atoms with Gasteiger partial charge in [0.25, 0.3) is 0 Å². The molecular weight excluding hydrogens is 502 g/mol. The highest BCUT2D eigenvalue weighted by Gasteiger charge is 2.21. The number of hydrogen-bond acceptors (Lipinski definition) is 6. The van der Waals surface area contributed by atoms with Crippen LogP contribution in [0.15, 0.2) is 44.0 Å². The van der Waals surface area contributed by atoms with E-state index in [1.807, 2.05) is 0 Å². The van der Waals surface area contributed by atoms with Crippen molar-refractivity contribution in [2.75, 3.05) is 14.2 Å². The minimum absolute atomic E-state index is 0.0443. The molecule has 0 aliphatic carbocycles. The maximum atomic E-state index is 13.2. The normalized spacial score (nSPS) is 11.3. The van der Waals surface area contributed by atoms with Gasteiger partial charge in [-0.2, -0.15) is 0 Å². The smallest absolute Gasteiger partial charge is 0.407 e. The highest BCUT2D eigenvalue weighted by Crippen LogP contribution is 2.37. The van der Waals surface area contributed by atoms with E-state index in [0.29, 0.717) is 37.3 Å². The molecule has 0 atom stereocenters. The van der Waals surface area contributed by atoms with E-state index in [2.05, 4.69) is 21.2 Å². The van der Waals surface area contributed by atoms with Crippen molar-refractivity contribution in [3.05, 3.63) is 55.6 Å². The van der Waals surface area contributed by atoms with Crippen LogP contribution in [0, 0.1) is 0 Å². The van der Waals surface area contributed by atoms with E-state index in [1.54, 1.807) is 51.1 Å². The number of methoxy groups -OCH3 is 2. The monoisotopic (exact) mass is 523 g/mol. The van der Waals surface area contributed by atoms with Crippen molar-refractivity contribution >= 4 is 44.6 Å². The molecule has 1 aromatic heterocycles. The zero-order chi connectivity index (χ0) is 23.6. The van der Waals surface area contributed by atoms with Crippen molar-refractivity contribution in [2.45, 2.75) is 32.9 Å². The first-order valence-electron chi connectivity index (χ1n) is 9.68. The van der Waals surface area contributed by atoms with Gasteiger partial charge >= 0.3 is 6.09 Å². The van der Waals surface area contributed by atoms with Crippen molar-refractivity contribution in [3.63, 3.8) is 0 Å². The average Bonchev–Trinajstić information content (AvgIpc) is 2.71. The zero-order valence-electron chi connectivity index (χ0n) is 18.3. The number of nitrogens with one attached hydrogen (secondary N) is 1. The van der Waals surface area contributed by atoms with Crippen LogP contribution in [-0.2, 0) is 11.3 Å². The average molecular weight is 525 g/mol. The number of amides is 1. The summed E-state index contributed by atoms with van der Waals surface area (Å²) in [5, 5.41) is 3.36. The van der Waals surface area contributed by atoms with E-state index in [0.717, 1.165) is 0 Å². The lowest BCUT2D eigenvalue weighted by atomic mass is 10.1. The molecule has 0 saturated carbocycles. The van der Waals surface area contributed by atoms with Crippen LogP contribution in [0.4, 0.5) is 4.79 Å². The van der Waals surface area contributed by atoms with Crippen molar-refractivity contribution in [1.29, 1.82) is 0 Å². The maximum absolute atomic E-state index is 13.2. The molecule has 9 heteroatoms. The molecular formula is C23H23BrClNO6. The Morgan fingerprint density at radius 1 is 1.16 bits per heavy atom. The van der Waals surface area contributed by atoms with Gasteiger partial charge in [-0.3, -0.25) is 4.79 Å². The quantitative estimate of drug-likeness (QED) is 0.446. The Bertz CT molecular complexity index is 1230. The summed E-state index contributed by atoms with van der Waals surface area (Å²) in [6, 6.07) is 8.46. The predicted octanol–water partition coefficient (Wildman–Crippen LogP) is 5.92. The van der Waals surface area contributed by atoms with Crippen LogP contribution in [0.2, 0.25) is 5.02 Å². The Morgan fingerprint density at radius 2 is 1.88 bits per heavy atom. The lowest BCUT2D eigenvalue weighted by Gasteiger charge is -2.19. The Kier molecular flexibility index (Phi) is 7.05. The third kappa shape index (κ3) is 5.19. The summed E-state index contributed by atoms with van der Waals surface area (Å²) >= 11 is 9.71.